The van der Waals surface area contributed by atoms with E-state index < -0.39 is 5.91 Å². The van der Waals surface area contributed by atoms with Gasteiger partial charge < -0.3 is 19.7 Å². The molecule has 3 rings (SSSR count). The molecule has 7 nitrogen and oxygen atoms in total. The van der Waals surface area contributed by atoms with Gasteiger partial charge in [0.1, 0.15) is 5.75 Å². The lowest BCUT2D eigenvalue weighted by Crippen LogP contribution is -2.40. The number of thiocarbonyl (C=S) groups is 1. The first kappa shape index (κ1) is 24.3. The number of halogens is 2. The molecule has 0 saturated carbocycles. The first-order valence-corrected chi connectivity index (χ1v) is 11.1. The van der Waals surface area contributed by atoms with E-state index in [0.717, 1.165) is 11.1 Å². The van der Waals surface area contributed by atoms with Crippen LogP contribution in [0.2, 0.25) is 10.0 Å². The van der Waals surface area contributed by atoms with Gasteiger partial charge in [-0.25, -0.2) is 0 Å². The summed E-state index contributed by atoms with van der Waals surface area (Å²) in [6.07, 6.45) is 0. The molecule has 2 N–H and O–H groups in total. The summed E-state index contributed by atoms with van der Waals surface area (Å²) < 4.78 is 10.8. The monoisotopic (exact) mass is 495 g/mol. The van der Waals surface area contributed by atoms with Crippen molar-refractivity contribution in [2.24, 2.45) is 0 Å². The molecular weight excluding hydrogens is 473 g/mol. The fourth-order valence-electron chi connectivity index (χ4n) is 3.24. The summed E-state index contributed by atoms with van der Waals surface area (Å²) in [6.45, 7) is 5.59. The van der Waals surface area contributed by atoms with Crippen molar-refractivity contribution in [1.82, 2.24) is 10.2 Å². The van der Waals surface area contributed by atoms with Gasteiger partial charge >= 0.3 is 0 Å². The van der Waals surface area contributed by atoms with Gasteiger partial charge in [-0.15, -0.1) is 0 Å². The van der Waals surface area contributed by atoms with Crippen LogP contribution in [-0.2, 0) is 9.53 Å². The van der Waals surface area contributed by atoms with Crippen molar-refractivity contribution < 1.29 is 19.1 Å². The van der Waals surface area contributed by atoms with Crippen molar-refractivity contribution in [2.45, 2.75) is 13.8 Å². The number of morpholine rings is 1. The van der Waals surface area contributed by atoms with Crippen LogP contribution in [0, 0.1) is 13.8 Å². The van der Waals surface area contributed by atoms with Gasteiger partial charge in [0.15, 0.2) is 11.7 Å². The molecule has 0 unspecified atom stereocenters. The molecule has 1 aliphatic rings. The minimum absolute atomic E-state index is 0.0307. The Balaban J connectivity index is 1.58. The van der Waals surface area contributed by atoms with Crippen LogP contribution < -0.4 is 15.4 Å². The van der Waals surface area contributed by atoms with E-state index in [1.807, 2.05) is 19.9 Å². The van der Waals surface area contributed by atoms with Crippen LogP contribution in [0.4, 0.5) is 5.69 Å². The Morgan fingerprint density at radius 2 is 1.84 bits per heavy atom. The van der Waals surface area contributed by atoms with Gasteiger partial charge in [0, 0.05) is 18.7 Å². The molecule has 1 heterocycles. The Bertz CT molecular complexity index is 1020. The van der Waals surface area contributed by atoms with Crippen LogP contribution in [-0.4, -0.2) is 54.7 Å². The van der Waals surface area contributed by atoms with Crippen LogP contribution in [0.3, 0.4) is 0 Å². The Morgan fingerprint density at radius 3 is 2.53 bits per heavy atom. The number of hydrogen-bond acceptors (Lipinski definition) is 5. The van der Waals surface area contributed by atoms with Gasteiger partial charge in [-0.3, -0.25) is 14.9 Å². The van der Waals surface area contributed by atoms with Crippen molar-refractivity contribution in [3.05, 3.63) is 57.1 Å². The van der Waals surface area contributed by atoms with Crippen LogP contribution in [0.5, 0.6) is 5.75 Å². The van der Waals surface area contributed by atoms with Crippen LogP contribution in [0.1, 0.15) is 21.5 Å². The lowest BCUT2D eigenvalue weighted by atomic mass is 10.1. The molecule has 32 heavy (non-hydrogen) atoms. The molecule has 2 amide bonds. The highest BCUT2D eigenvalue weighted by atomic mass is 35.5. The van der Waals surface area contributed by atoms with E-state index in [1.165, 1.54) is 0 Å². The summed E-state index contributed by atoms with van der Waals surface area (Å²) in [5.74, 6) is -0.138. The molecule has 10 heteroatoms. The van der Waals surface area contributed by atoms with Crippen molar-refractivity contribution in [1.29, 1.82) is 0 Å². The van der Waals surface area contributed by atoms with Crippen LogP contribution >= 0.6 is 35.4 Å². The predicted octanol–water partition coefficient (Wildman–Crippen LogP) is 3.97. The molecule has 0 spiro atoms. The molecule has 2 aromatic carbocycles. The average Bonchev–Trinajstić information content (AvgIpc) is 2.74. The molecule has 1 aliphatic heterocycles. The van der Waals surface area contributed by atoms with Gasteiger partial charge in [-0.1, -0.05) is 29.3 Å². The lowest BCUT2D eigenvalue weighted by Gasteiger charge is -2.27. The minimum Gasteiger partial charge on any atom is -0.482 e. The van der Waals surface area contributed by atoms with Crippen LogP contribution in [0.25, 0.3) is 0 Å². The number of nitrogens with one attached hydrogen (secondary N) is 2. The molecule has 0 aliphatic carbocycles. The number of aryl methyl sites for hydroxylation is 2. The van der Waals surface area contributed by atoms with Crippen molar-refractivity contribution in [2.75, 3.05) is 38.2 Å². The average molecular weight is 496 g/mol. The molecule has 0 radical (unpaired) electrons. The van der Waals surface area contributed by atoms with Gasteiger partial charge in [-0.2, -0.15) is 0 Å². The Kier molecular flexibility index (Phi) is 8.31. The Labute approximate surface area is 202 Å². The smallest absolute Gasteiger partial charge is 0.264 e. The summed E-state index contributed by atoms with van der Waals surface area (Å²) in [7, 11) is 0. The summed E-state index contributed by atoms with van der Waals surface area (Å²) in [6, 6.07) is 8.53. The van der Waals surface area contributed by atoms with Crippen LogP contribution in [0.15, 0.2) is 30.3 Å². The maximum Gasteiger partial charge on any atom is 0.264 e. The summed E-state index contributed by atoms with van der Waals surface area (Å²) in [4.78, 5) is 26.7. The van der Waals surface area contributed by atoms with Crippen molar-refractivity contribution in [3.8, 4) is 5.75 Å². The number of nitrogens with zero attached hydrogens (tertiary/aromatic N) is 1. The van der Waals surface area contributed by atoms with E-state index in [-0.39, 0.29) is 17.6 Å². The van der Waals surface area contributed by atoms with Gasteiger partial charge in [0.05, 0.1) is 28.9 Å². The third kappa shape index (κ3) is 6.32. The normalized spacial score (nSPS) is 13.4. The lowest BCUT2D eigenvalue weighted by molar-refractivity contribution is -0.121. The maximum absolute atomic E-state index is 12.7. The minimum atomic E-state index is -0.463. The molecule has 0 atom stereocenters. The maximum atomic E-state index is 12.7. The van der Waals surface area contributed by atoms with E-state index in [2.05, 4.69) is 10.6 Å². The summed E-state index contributed by atoms with van der Waals surface area (Å²) >= 11 is 17.6. The van der Waals surface area contributed by atoms with E-state index in [9.17, 15) is 9.59 Å². The highest BCUT2D eigenvalue weighted by Gasteiger charge is 2.20. The highest BCUT2D eigenvalue weighted by molar-refractivity contribution is 7.80. The van der Waals surface area contributed by atoms with E-state index in [0.29, 0.717) is 53.3 Å². The number of ether oxygens (including phenoxy) is 2. The van der Waals surface area contributed by atoms with E-state index >= 15 is 0 Å². The molecular formula is C22H23Cl2N3O4S. The summed E-state index contributed by atoms with van der Waals surface area (Å²) in [5, 5.41) is 6.21. The third-order valence-corrected chi connectivity index (χ3v) is 5.55. The largest absolute Gasteiger partial charge is 0.482 e. The molecule has 2 aromatic rings. The number of amides is 2. The number of carbonyl (C=O) groups is 2. The van der Waals surface area contributed by atoms with Crippen molar-refractivity contribution in [3.63, 3.8) is 0 Å². The number of anilines is 1. The number of rotatable bonds is 5. The van der Waals surface area contributed by atoms with Gasteiger partial charge in [0.2, 0.25) is 0 Å². The number of benzene rings is 2. The quantitative estimate of drug-likeness (QED) is 0.610. The van der Waals surface area contributed by atoms with E-state index in [4.69, 9.17) is 44.9 Å². The number of hydrogen-bond donors (Lipinski definition) is 2. The number of carbonyl (C=O) groups excluding carboxylic acids is 2. The SMILES string of the molecule is Cc1cc(C)c(OCC(=O)NC(=S)Nc2cc(C(=O)N3CCOCC3)ccc2Cl)c(Cl)c1. The zero-order valence-corrected chi connectivity index (χ0v) is 20.0. The Morgan fingerprint density at radius 1 is 1.12 bits per heavy atom. The first-order valence-electron chi connectivity index (χ1n) is 9.91. The van der Waals surface area contributed by atoms with E-state index in [1.54, 1.807) is 29.2 Å². The Hall–Kier alpha value is -2.39. The second-order valence-electron chi connectivity index (χ2n) is 7.28. The molecule has 0 aromatic heterocycles. The zero-order valence-electron chi connectivity index (χ0n) is 17.7. The molecule has 0 bridgehead atoms. The standard InChI is InChI=1S/C22H23Cl2N3O4S/c1-13-9-14(2)20(17(24)10-13)31-12-19(28)26-22(32)25-18-11-15(3-4-16(18)23)21(29)27-5-7-30-8-6-27/h3-4,9-11H,5-8,12H2,1-2H3,(H2,25,26,28,32). The molecule has 1 fully saturated rings. The third-order valence-electron chi connectivity index (χ3n) is 4.73. The second-order valence-corrected chi connectivity index (χ2v) is 8.51. The molecule has 1 saturated heterocycles. The fourth-order valence-corrected chi connectivity index (χ4v) is 4.01. The predicted molar refractivity (Wildman–Crippen MR) is 129 cm³/mol. The molecule has 170 valence electrons. The first-order chi connectivity index (χ1) is 15.2. The fraction of sp³-hybridized carbons (Fsp3) is 0.318. The zero-order chi connectivity index (χ0) is 23.3. The van der Waals surface area contributed by atoms with Crippen molar-refractivity contribution >= 4 is 58.0 Å². The second kappa shape index (κ2) is 11.0. The highest BCUT2D eigenvalue weighted by Crippen LogP contribution is 2.29. The van der Waals surface area contributed by atoms with Gasteiger partial charge in [0.25, 0.3) is 11.8 Å². The van der Waals surface area contributed by atoms with Gasteiger partial charge in [-0.05, 0) is 61.5 Å². The topological polar surface area (TPSA) is 79.9 Å². The summed E-state index contributed by atoms with van der Waals surface area (Å²) in [5.41, 5.74) is 2.70.